The molecule has 0 heterocycles. The van der Waals surface area contributed by atoms with Crippen molar-refractivity contribution in [3.63, 3.8) is 0 Å². The predicted molar refractivity (Wildman–Crippen MR) is 49.3 cm³/mol. The molecule has 1 aromatic carbocycles. The molecule has 3 nitrogen and oxygen atoms in total. The first-order valence-corrected chi connectivity index (χ1v) is 3.78. The number of anilines is 1. The summed E-state index contributed by atoms with van der Waals surface area (Å²) in [7, 11) is 1.59. The Morgan fingerprint density at radius 3 is 2.75 bits per heavy atom. The second-order valence-corrected chi connectivity index (χ2v) is 2.57. The van der Waals surface area contributed by atoms with Crippen molar-refractivity contribution in [3.8, 4) is 0 Å². The van der Waals surface area contributed by atoms with E-state index in [0.717, 1.165) is 11.3 Å². The standard InChI is InChI=1S/C9H12N2O/c1-7-4-3-5-8(6-7)11-9(12)10-2/h3-6H,1-2H3,(H2,10,11,12). The minimum absolute atomic E-state index is 0.194. The van der Waals surface area contributed by atoms with Gasteiger partial charge in [0.15, 0.2) is 0 Å². The van der Waals surface area contributed by atoms with Crippen LogP contribution in [0.4, 0.5) is 10.5 Å². The number of carbonyl (C=O) groups is 1. The van der Waals surface area contributed by atoms with Crippen molar-refractivity contribution < 1.29 is 4.79 Å². The normalized spacial score (nSPS) is 9.17. The van der Waals surface area contributed by atoms with Gasteiger partial charge < -0.3 is 10.6 Å². The number of amides is 2. The molecule has 0 unspecified atom stereocenters. The van der Waals surface area contributed by atoms with Crippen molar-refractivity contribution in [2.75, 3.05) is 12.4 Å². The number of hydrogen-bond acceptors (Lipinski definition) is 1. The highest BCUT2D eigenvalue weighted by molar-refractivity contribution is 5.88. The maximum absolute atomic E-state index is 10.9. The molecule has 0 bridgehead atoms. The molecule has 0 saturated carbocycles. The second kappa shape index (κ2) is 3.76. The Balaban J connectivity index is 2.69. The third-order valence-corrected chi connectivity index (χ3v) is 1.50. The van der Waals surface area contributed by atoms with Gasteiger partial charge in [0.2, 0.25) is 0 Å². The Morgan fingerprint density at radius 2 is 2.17 bits per heavy atom. The highest BCUT2D eigenvalue weighted by Crippen LogP contribution is 2.08. The summed E-state index contributed by atoms with van der Waals surface area (Å²) in [5.41, 5.74) is 1.94. The number of urea groups is 1. The minimum atomic E-state index is -0.194. The van der Waals surface area contributed by atoms with Gasteiger partial charge in [0.1, 0.15) is 0 Å². The number of benzene rings is 1. The highest BCUT2D eigenvalue weighted by atomic mass is 16.2. The lowest BCUT2D eigenvalue weighted by atomic mass is 10.2. The maximum Gasteiger partial charge on any atom is 0.318 e. The van der Waals surface area contributed by atoms with Crippen LogP contribution < -0.4 is 10.6 Å². The molecule has 1 aromatic rings. The molecule has 2 amide bonds. The summed E-state index contributed by atoms with van der Waals surface area (Å²) in [6.45, 7) is 1.98. The summed E-state index contributed by atoms with van der Waals surface area (Å²) in [5.74, 6) is 0. The number of rotatable bonds is 1. The number of nitrogens with one attached hydrogen (secondary N) is 2. The Labute approximate surface area is 71.8 Å². The average molecular weight is 164 g/mol. The van der Waals surface area contributed by atoms with Crippen LogP contribution in [0.2, 0.25) is 0 Å². The van der Waals surface area contributed by atoms with Crippen LogP contribution in [0.1, 0.15) is 5.56 Å². The minimum Gasteiger partial charge on any atom is -0.341 e. The summed E-state index contributed by atoms with van der Waals surface area (Å²) in [4.78, 5) is 10.9. The van der Waals surface area contributed by atoms with E-state index in [1.54, 1.807) is 7.05 Å². The fraction of sp³-hybridized carbons (Fsp3) is 0.222. The Kier molecular flexibility index (Phi) is 2.69. The molecule has 1 rings (SSSR count). The van der Waals surface area contributed by atoms with E-state index in [4.69, 9.17) is 0 Å². The number of aryl methyl sites for hydroxylation is 1. The molecule has 0 aliphatic carbocycles. The summed E-state index contributed by atoms with van der Waals surface area (Å²) < 4.78 is 0. The van der Waals surface area contributed by atoms with Crippen LogP contribution in [0.25, 0.3) is 0 Å². The zero-order valence-electron chi connectivity index (χ0n) is 7.22. The van der Waals surface area contributed by atoms with Crippen LogP contribution in [0, 0.1) is 6.92 Å². The molecule has 0 radical (unpaired) electrons. The molecule has 0 fully saturated rings. The monoisotopic (exact) mass is 164 g/mol. The topological polar surface area (TPSA) is 41.1 Å². The van der Waals surface area contributed by atoms with Gasteiger partial charge in [-0.25, -0.2) is 4.79 Å². The van der Waals surface area contributed by atoms with E-state index >= 15 is 0 Å². The first-order chi connectivity index (χ1) is 5.72. The van der Waals surface area contributed by atoms with E-state index < -0.39 is 0 Å². The van der Waals surface area contributed by atoms with Crippen molar-refractivity contribution in [2.24, 2.45) is 0 Å². The first kappa shape index (κ1) is 8.59. The molecular weight excluding hydrogens is 152 g/mol. The molecule has 0 atom stereocenters. The maximum atomic E-state index is 10.9. The van der Waals surface area contributed by atoms with Gasteiger partial charge >= 0.3 is 6.03 Å². The van der Waals surface area contributed by atoms with Crippen molar-refractivity contribution in [2.45, 2.75) is 6.92 Å². The number of hydrogen-bond donors (Lipinski definition) is 2. The fourth-order valence-electron chi connectivity index (χ4n) is 0.916. The van der Waals surface area contributed by atoms with Crippen LogP contribution in [0.15, 0.2) is 24.3 Å². The van der Waals surface area contributed by atoms with Crippen LogP contribution in [-0.2, 0) is 0 Å². The molecule has 64 valence electrons. The molecule has 0 aliphatic heterocycles. The average Bonchev–Trinajstić information content (AvgIpc) is 2.04. The van der Waals surface area contributed by atoms with E-state index in [0.29, 0.717) is 0 Å². The quantitative estimate of drug-likeness (QED) is 0.652. The molecular formula is C9H12N2O. The van der Waals surface area contributed by atoms with Crippen molar-refractivity contribution in [1.82, 2.24) is 5.32 Å². The van der Waals surface area contributed by atoms with E-state index in [-0.39, 0.29) is 6.03 Å². The molecule has 2 N–H and O–H groups in total. The van der Waals surface area contributed by atoms with Gasteiger partial charge in [-0.2, -0.15) is 0 Å². The van der Waals surface area contributed by atoms with E-state index in [1.165, 1.54) is 0 Å². The Hall–Kier alpha value is -1.51. The summed E-state index contributed by atoms with van der Waals surface area (Å²) in [6, 6.07) is 7.45. The molecule has 0 spiro atoms. The van der Waals surface area contributed by atoms with E-state index in [1.807, 2.05) is 31.2 Å². The Bertz CT molecular complexity index is 284. The van der Waals surface area contributed by atoms with Crippen LogP contribution >= 0.6 is 0 Å². The highest BCUT2D eigenvalue weighted by Gasteiger charge is 1.96. The zero-order chi connectivity index (χ0) is 8.97. The molecule has 0 aliphatic rings. The molecule has 12 heavy (non-hydrogen) atoms. The van der Waals surface area contributed by atoms with Gasteiger partial charge in [0, 0.05) is 12.7 Å². The first-order valence-electron chi connectivity index (χ1n) is 3.78. The smallest absolute Gasteiger partial charge is 0.318 e. The van der Waals surface area contributed by atoms with E-state index in [2.05, 4.69) is 10.6 Å². The van der Waals surface area contributed by atoms with E-state index in [9.17, 15) is 4.79 Å². The van der Waals surface area contributed by atoms with Crippen LogP contribution in [0.3, 0.4) is 0 Å². The molecule has 0 saturated heterocycles. The third kappa shape index (κ3) is 2.27. The lowest BCUT2D eigenvalue weighted by molar-refractivity contribution is 0.254. The van der Waals surface area contributed by atoms with Crippen LogP contribution in [0.5, 0.6) is 0 Å². The number of carbonyl (C=O) groups excluding carboxylic acids is 1. The molecule has 0 aromatic heterocycles. The summed E-state index contributed by atoms with van der Waals surface area (Å²) in [5, 5.41) is 5.17. The van der Waals surface area contributed by atoms with Gasteiger partial charge in [-0.3, -0.25) is 0 Å². The van der Waals surface area contributed by atoms with Crippen molar-refractivity contribution >= 4 is 11.7 Å². The lowest BCUT2D eigenvalue weighted by Gasteiger charge is -2.03. The van der Waals surface area contributed by atoms with Gasteiger partial charge in [0.05, 0.1) is 0 Å². The van der Waals surface area contributed by atoms with Crippen molar-refractivity contribution in [3.05, 3.63) is 29.8 Å². The Morgan fingerprint density at radius 1 is 1.42 bits per heavy atom. The fourth-order valence-corrected chi connectivity index (χ4v) is 0.916. The third-order valence-electron chi connectivity index (χ3n) is 1.50. The van der Waals surface area contributed by atoms with Crippen LogP contribution in [-0.4, -0.2) is 13.1 Å². The zero-order valence-corrected chi connectivity index (χ0v) is 7.22. The summed E-state index contributed by atoms with van der Waals surface area (Å²) in [6.07, 6.45) is 0. The molecule has 3 heteroatoms. The largest absolute Gasteiger partial charge is 0.341 e. The lowest BCUT2D eigenvalue weighted by Crippen LogP contribution is -2.24. The van der Waals surface area contributed by atoms with Gasteiger partial charge in [-0.15, -0.1) is 0 Å². The predicted octanol–water partition coefficient (Wildman–Crippen LogP) is 1.75. The SMILES string of the molecule is CNC(=O)Nc1cccc(C)c1. The summed E-state index contributed by atoms with van der Waals surface area (Å²) >= 11 is 0. The van der Waals surface area contributed by atoms with Gasteiger partial charge in [-0.05, 0) is 24.6 Å². The van der Waals surface area contributed by atoms with Gasteiger partial charge in [-0.1, -0.05) is 12.1 Å². The van der Waals surface area contributed by atoms with Gasteiger partial charge in [0.25, 0.3) is 0 Å². The second-order valence-electron chi connectivity index (χ2n) is 2.57. The van der Waals surface area contributed by atoms with Crippen molar-refractivity contribution in [1.29, 1.82) is 0 Å².